The van der Waals surface area contributed by atoms with Crippen LogP contribution in [0, 0.1) is 0 Å². The van der Waals surface area contributed by atoms with E-state index in [-0.39, 0.29) is 18.8 Å². The number of nitrogens with two attached hydrogens (primary N) is 2. The summed E-state index contributed by atoms with van der Waals surface area (Å²) in [5.41, 5.74) is 4.47. The van der Waals surface area contributed by atoms with E-state index in [1.54, 1.807) is 6.92 Å². The molecule has 2 atom stereocenters. The molecular formula is C20H38N4O6S. The van der Waals surface area contributed by atoms with Crippen molar-refractivity contribution in [3.8, 4) is 0 Å². The number of aliphatic hydroxyl groups is 1. The van der Waals surface area contributed by atoms with E-state index in [4.69, 9.17) is 20.8 Å². The van der Waals surface area contributed by atoms with Gasteiger partial charge in [0, 0.05) is 24.9 Å². The Labute approximate surface area is 188 Å². The highest BCUT2D eigenvalue weighted by atomic mass is 32.2. The maximum absolute atomic E-state index is 12.2. The van der Waals surface area contributed by atoms with E-state index < -0.39 is 17.6 Å². The minimum atomic E-state index is -1.66. The molecule has 2 unspecified atom stereocenters. The van der Waals surface area contributed by atoms with Gasteiger partial charge in [0.15, 0.2) is 5.54 Å². The number of carbonyl (C=O) groups excluding carboxylic acids is 1. The highest BCUT2D eigenvalue weighted by molar-refractivity contribution is 7.94. The van der Waals surface area contributed by atoms with Gasteiger partial charge < -0.3 is 20.0 Å². The molecular weight excluding hydrogens is 424 g/mol. The first-order chi connectivity index (χ1) is 15.0. The second-order valence-electron chi connectivity index (χ2n) is 7.56. The first-order valence-corrected chi connectivity index (χ1v) is 12.0. The van der Waals surface area contributed by atoms with Gasteiger partial charge in [0.1, 0.15) is 0 Å². The van der Waals surface area contributed by atoms with Crippen molar-refractivity contribution < 1.29 is 28.4 Å². The molecule has 11 heteroatoms. The van der Waals surface area contributed by atoms with Crippen LogP contribution in [0.5, 0.6) is 0 Å². The zero-order valence-corrected chi connectivity index (χ0v) is 19.5. The zero-order valence-electron chi connectivity index (χ0n) is 18.7. The molecule has 180 valence electrons. The van der Waals surface area contributed by atoms with Gasteiger partial charge in [-0.3, -0.25) is 0 Å². The molecule has 0 aromatic carbocycles. The van der Waals surface area contributed by atoms with Gasteiger partial charge in [-0.15, -0.1) is 19.5 Å². The Balaban J connectivity index is 2.39. The van der Waals surface area contributed by atoms with Gasteiger partial charge in [0.05, 0.1) is 18.5 Å². The average molecular weight is 463 g/mol. The summed E-state index contributed by atoms with van der Waals surface area (Å²) < 4.78 is 15.2. The molecule has 0 radical (unpaired) electrons. The predicted octanol–water partition coefficient (Wildman–Crippen LogP) is 2.78. The summed E-state index contributed by atoms with van der Waals surface area (Å²) in [5.74, 6) is 5.14. The summed E-state index contributed by atoms with van der Waals surface area (Å²) in [6, 6.07) is 0. The third-order valence-electron chi connectivity index (χ3n) is 5.01. The minimum Gasteiger partial charge on any atom is -0.465 e. The first kappa shape index (κ1) is 27.8. The molecule has 0 amide bonds. The van der Waals surface area contributed by atoms with Crippen molar-refractivity contribution >= 4 is 18.0 Å². The van der Waals surface area contributed by atoms with Crippen LogP contribution < -0.4 is 11.6 Å². The average Bonchev–Trinajstić information content (AvgIpc) is 3.20. The minimum absolute atomic E-state index is 0.0899. The largest absolute Gasteiger partial charge is 0.465 e. The Morgan fingerprint density at radius 1 is 1.10 bits per heavy atom. The number of ether oxygens (including phenoxy) is 1. The van der Waals surface area contributed by atoms with Crippen LogP contribution in [0.3, 0.4) is 0 Å². The normalized spacial score (nSPS) is 14.4. The van der Waals surface area contributed by atoms with Crippen LogP contribution in [-0.2, 0) is 31.7 Å². The van der Waals surface area contributed by atoms with Crippen LogP contribution in [0.2, 0.25) is 0 Å². The molecule has 0 spiro atoms. The van der Waals surface area contributed by atoms with Gasteiger partial charge in [-0.05, 0) is 26.2 Å². The molecule has 31 heavy (non-hydrogen) atoms. The van der Waals surface area contributed by atoms with E-state index >= 15 is 0 Å². The molecule has 10 nitrogen and oxygen atoms in total. The lowest BCUT2D eigenvalue weighted by molar-refractivity contribution is -0.195. The van der Waals surface area contributed by atoms with Crippen LogP contribution >= 0.6 is 12.0 Å². The Hall–Kier alpha value is -1.24. The predicted molar refractivity (Wildman–Crippen MR) is 117 cm³/mol. The van der Waals surface area contributed by atoms with E-state index in [1.807, 2.05) is 0 Å². The van der Waals surface area contributed by atoms with Gasteiger partial charge in [-0.25, -0.2) is 4.79 Å². The molecule has 0 aliphatic carbocycles. The number of aryl methyl sites for hydroxylation is 2. The molecule has 5 N–H and O–H groups in total. The number of nitrogens with zero attached hydrogens (tertiary/aromatic N) is 2. The lowest BCUT2D eigenvalue weighted by Gasteiger charge is -2.30. The summed E-state index contributed by atoms with van der Waals surface area (Å²) in [6.07, 6.45) is 9.44. The second kappa shape index (κ2) is 16.4. The number of esters is 1. The van der Waals surface area contributed by atoms with Gasteiger partial charge in [0.2, 0.25) is 11.8 Å². The summed E-state index contributed by atoms with van der Waals surface area (Å²) >= 11 is 0.717. The van der Waals surface area contributed by atoms with Crippen molar-refractivity contribution in [2.75, 3.05) is 12.4 Å². The van der Waals surface area contributed by atoms with E-state index in [1.165, 1.54) is 32.1 Å². The summed E-state index contributed by atoms with van der Waals surface area (Å²) in [5, 5.41) is 18.7. The molecule has 1 aromatic rings. The maximum atomic E-state index is 12.2. The maximum Gasteiger partial charge on any atom is 0.329 e. The molecule has 0 saturated carbocycles. The van der Waals surface area contributed by atoms with Crippen LogP contribution in [0.4, 0.5) is 0 Å². The zero-order chi connectivity index (χ0) is 23.0. The molecule has 0 fully saturated rings. The fourth-order valence-corrected chi connectivity index (χ4v) is 3.74. The molecule has 0 aliphatic heterocycles. The number of carbonyl (C=O) groups is 1. The van der Waals surface area contributed by atoms with Crippen molar-refractivity contribution in [1.82, 2.24) is 10.2 Å². The van der Waals surface area contributed by atoms with Crippen molar-refractivity contribution in [2.45, 2.75) is 96.1 Å². The standard InChI is InChI=1S/C20H38N4O6S/c1-3-5-6-7-8-9-10-13-17-23-24-18(28-17)14-11-12-16(25)20(21,15-31-30-29-22)19(26)27-4-2/h16,25H,3-15,21-22H2,1-2H3. The van der Waals surface area contributed by atoms with E-state index in [2.05, 4.69) is 26.4 Å². The van der Waals surface area contributed by atoms with Crippen molar-refractivity contribution in [3.05, 3.63) is 11.8 Å². The Bertz CT molecular complexity index is 606. The highest BCUT2D eigenvalue weighted by Gasteiger charge is 2.43. The number of unbranched alkanes of at least 4 members (excludes halogenated alkanes) is 6. The van der Waals surface area contributed by atoms with E-state index in [0.29, 0.717) is 36.7 Å². The number of aromatic nitrogens is 2. The summed E-state index contributed by atoms with van der Waals surface area (Å²) in [7, 11) is 0. The van der Waals surface area contributed by atoms with Crippen molar-refractivity contribution in [1.29, 1.82) is 0 Å². The quantitative estimate of drug-likeness (QED) is 0.0913. The third-order valence-corrected chi connectivity index (χ3v) is 5.78. The molecule has 0 aliphatic rings. The number of rotatable bonds is 19. The van der Waals surface area contributed by atoms with Gasteiger partial charge >= 0.3 is 5.97 Å². The van der Waals surface area contributed by atoms with Crippen molar-refractivity contribution in [3.63, 3.8) is 0 Å². The topological polar surface area (TPSA) is 156 Å². The number of hydrogen-bond donors (Lipinski definition) is 3. The Kier molecular flexibility index (Phi) is 14.7. The van der Waals surface area contributed by atoms with Crippen LogP contribution in [0.1, 0.15) is 83.4 Å². The second-order valence-corrected chi connectivity index (χ2v) is 8.22. The monoisotopic (exact) mass is 462 g/mol. The third kappa shape index (κ3) is 10.8. The summed E-state index contributed by atoms with van der Waals surface area (Å²) in [6.45, 7) is 4.03. The van der Waals surface area contributed by atoms with Crippen molar-refractivity contribution in [2.24, 2.45) is 11.6 Å². The Morgan fingerprint density at radius 2 is 1.71 bits per heavy atom. The van der Waals surface area contributed by atoms with E-state index in [0.717, 1.165) is 19.3 Å². The van der Waals surface area contributed by atoms with Gasteiger partial charge in [0.25, 0.3) is 0 Å². The number of aliphatic hydroxyl groups excluding tert-OH is 1. The molecule has 0 saturated heterocycles. The lowest BCUT2D eigenvalue weighted by atomic mass is 9.92. The summed E-state index contributed by atoms with van der Waals surface area (Å²) in [4.78, 5) is 16.2. The van der Waals surface area contributed by atoms with Crippen LogP contribution in [-0.4, -0.2) is 45.3 Å². The fourth-order valence-electron chi connectivity index (χ4n) is 3.13. The van der Waals surface area contributed by atoms with Crippen LogP contribution in [0.15, 0.2) is 4.42 Å². The fraction of sp³-hybridized carbons (Fsp3) is 0.850. The lowest BCUT2D eigenvalue weighted by Crippen LogP contribution is -2.60. The first-order valence-electron chi connectivity index (χ1n) is 11.1. The highest BCUT2D eigenvalue weighted by Crippen LogP contribution is 2.22. The molecule has 0 bridgehead atoms. The SMILES string of the molecule is CCCCCCCCCc1nnc(CCCC(O)C(N)(CSOON)C(=O)OCC)o1. The Morgan fingerprint density at radius 3 is 2.32 bits per heavy atom. The number of hydrogen-bond acceptors (Lipinski definition) is 11. The molecule has 1 aromatic heterocycles. The van der Waals surface area contributed by atoms with Gasteiger partial charge in [-0.1, -0.05) is 45.4 Å². The molecule has 1 rings (SSSR count). The molecule has 1 heterocycles. The van der Waals surface area contributed by atoms with Gasteiger partial charge in [-0.2, -0.15) is 5.90 Å². The van der Waals surface area contributed by atoms with Crippen LogP contribution in [0.25, 0.3) is 0 Å². The smallest absolute Gasteiger partial charge is 0.329 e. The van der Waals surface area contributed by atoms with E-state index in [9.17, 15) is 9.90 Å².